The molecule has 194 valence electrons. The van der Waals surface area contributed by atoms with E-state index in [1.165, 1.54) is 0 Å². The molecule has 1 aromatic heterocycles. The van der Waals surface area contributed by atoms with Crippen LogP contribution in [0.1, 0.15) is 13.8 Å². The third-order valence-electron chi connectivity index (χ3n) is 6.13. The smallest absolute Gasteiger partial charge is 0.239 e. The van der Waals surface area contributed by atoms with Crippen LogP contribution in [-0.2, 0) is 9.59 Å². The van der Waals surface area contributed by atoms with Crippen LogP contribution in [0.3, 0.4) is 0 Å². The van der Waals surface area contributed by atoms with Crippen molar-refractivity contribution in [2.24, 2.45) is 5.73 Å². The van der Waals surface area contributed by atoms with Gasteiger partial charge in [0.25, 0.3) is 0 Å². The Morgan fingerprint density at radius 3 is 2.30 bits per heavy atom. The lowest BCUT2D eigenvalue weighted by Crippen LogP contribution is -2.52. The van der Waals surface area contributed by atoms with Gasteiger partial charge in [-0.15, -0.1) is 0 Å². The Morgan fingerprint density at radius 1 is 0.973 bits per heavy atom. The summed E-state index contributed by atoms with van der Waals surface area (Å²) in [5.41, 5.74) is 10.3. The summed E-state index contributed by atoms with van der Waals surface area (Å²) >= 11 is 0. The molecular formula is C27H34N8O2. The van der Waals surface area contributed by atoms with E-state index in [1.54, 1.807) is 13.1 Å². The molecule has 1 atom stereocenters. The zero-order chi connectivity index (χ0) is 26.2. The molecule has 10 nitrogen and oxygen atoms in total. The Morgan fingerprint density at radius 2 is 1.65 bits per heavy atom. The first-order valence-corrected chi connectivity index (χ1v) is 12.5. The quantitative estimate of drug-likeness (QED) is 0.351. The normalized spacial score (nSPS) is 14.1. The molecule has 0 bridgehead atoms. The highest BCUT2D eigenvalue weighted by atomic mass is 16.2. The Balaban J connectivity index is 1.33. The van der Waals surface area contributed by atoms with E-state index in [1.807, 2.05) is 54.3 Å². The van der Waals surface area contributed by atoms with Crippen LogP contribution >= 0.6 is 0 Å². The molecule has 1 fully saturated rings. The summed E-state index contributed by atoms with van der Waals surface area (Å²) in [5, 5.41) is 9.14. The monoisotopic (exact) mass is 502 g/mol. The number of carbonyl (C=O) groups is 2. The third kappa shape index (κ3) is 6.95. The maximum Gasteiger partial charge on any atom is 0.239 e. The molecule has 2 heterocycles. The molecular weight excluding hydrogens is 468 g/mol. The average molecular weight is 503 g/mol. The molecule has 0 aliphatic carbocycles. The molecule has 0 spiro atoms. The maximum atomic E-state index is 12.1. The van der Waals surface area contributed by atoms with E-state index >= 15 is 0 Å². The number of amides is 2. The number of anilines is 4. The van der Waals surface area contributed by atoms with Crippen LogP contribution < -0.4 is 26.6 Å². The van der Waals surface area contributed by atoms with Crippen molar-refractivity contribution in [1.82, 2.24) is 20.2 Å². The molecule has 10 heteroatoms. The third-order valence-corrected chi connectivity index (χ3v) is 6.13. The van der Waals surface area contributed by atoms with Gasteiger partial charge in [-0.05, 0) is 56.3 Å². The average Bonchev–Trinajstić information content (AvgIpc) is 2.92. The summed E-state index contributed by atoms with van der Waals surface area (Å²) in [4.78, 5) is 36.8. The van der Waals surface area contributed by atoms with Crippen molar-refractivity contribution in [3.05, 3.63) is 60.8 Å². The van der Waals surface area contributed by atoms with E-state index in [9.17, 15) is 9.59 Å². The summed E-state index contributed by atoms with van der Waals surface area (Å²) < 4.78 is 0. The molecule has 1 saturated heterocycles. The molecule has 0 saturated carbocycles. The number of piperazine rings is 1. The molecule has 3 aromatic rings. The fourth-order valence-corrected chi connectivity index (χ4v) is 4.14. The summed E-state index contributed by atoms with van der Waals surface area (Å²) in [5.74, 6) is 0.472. The number of nitrogens with zero attached hydrogens (tertiary/aromatic N) is 4. The van der Waals surface area contributed by atoms with Crippen LogP contribution in [-0.4, -0.2) is 72.0 Å². The fraction of sp³-hybridized carbons (Fsp3) is 0.333. The molecule has 4 rings (SSSR count). The first kappa shape index (κ1) is 25.9. The van der Waals surface area contributed by atoms with E-state index < -0.39 is 6.04 Å². The predicted octanol–water partition coefficient (Wildman–Crippen LogP) is 2.43. The number of likely N-dealkylation sites (N-methyl/N-ethyl adjacent to an activating group) is 1. The van der Waals surface area contributed by atoms with Crippen molar-refractivity contribution in [2.45, 2.75) is 19.9 Å². The first-order valence-electron chi connectivity index (χ1n) is 12.5. The molecule has 1 aliphatic heterocycles. The van der Waals surface area contributed by atoms with E-state index in [4.69, 9.17) is 5.73 Å². The first-order chi connectivity index (χ1) is 17.9. The lowest BCUT2D eigenvalue weighted by atomic mass is 10.1. The summed E-state index contributed by atoms with van der Waals surface area (Å²) in [7, 11) is 0. The molecule has 0 radical (unpaired) electrons. The second kappa shape index (κ2) is 12.2. The van der Waals surface area contributed by atoms with Gasteiger partial charge in [0, 0.05) is 61.5 Å². The standard InChI is InChI=1S/C27H34N8O2/c1-3-29-25(36)18-31-21-6-4-20(5-7-21)24-12-13-30-27(33-24)32-22-8-10-23(11-9-22)34-14-16-35(17-15-34)26(37)19(2)28/h4-13,19,31H,3,14-18,28H2,1-2H3,(H,29,36)(H,30,32,33)/t19-/m0/s1. The van der Waals surface area contributed by atoms with Gasteiger partial charge >= 0.3 is 0 Å². The van der Waals surface area contributed by atoms with Crippen molar-refractivity contribution in [3.8, 4) is 11.3 Å². The SMILES string of the molecule is CCNC(=O)CNc1ccc(-c2ccnc(Nc3ccc(N4CCN(C(=O)[C@H](C)N)CC4)cc3)n2)cc1. The predicted molar refractivity (Wildman–Crippen MR) is 147 cm³/mol. The number of aromatic nitrogens is 2. The zero-order valence-electron chi connectivity index (χ0n) is 21.3. The minimum Gasteiger partial charge on any atom is -0.376 e. The second-order valence-corrected chi connectivity index (χ2v) is 8.92. The molecule has 0 unspecified atom stereocenters. The topological polar surface area (TPSA) is 129 Å². The molecule has 2 aromatic carbocycles. The summed E-state index contributed by atoms with van der Waals surface area (Å²) in [6.07, 6.45) is 1.73. The molecule has 5 N–H and O–H groups in total. The highest BCUT2D eigenvalue weighted by Gasteiger charge is 2.23. The van der Waals surface area contributed by atoms with Crippen LogP contribution in [0.4, 0.5) is 23.0 Å². The number of nitrogens with one attached hydrogen (secondary N) is 3. The number of hydrogen-bond acceptors (Lipinski definition) is 8. The van der Waals surface area contributed by atoms with E-state index in [0.29, 0.717) is 25.6 Å². The number of hydrogen-bond donors (Lipinski definition) is 4. The highest BCUT2D eigenvalue weighted by molar-refractivity contribution is 5.81. The molecule has 1 aliphatic rings. The zero-order valence-corrected chi connectivity index (χ0v) is 21.3. The van der Waals surface area contributed by atoms with Crippen LogP contribution in [0.15, 0.2) is 60.8 Å². The van der Waals surface area contributed by atoms with Crippen molar-refractivity contribution in [3.63, 3.8) is 0 Å². The fourth-order valence-electron chi connectivity index (χ4n) is 4.14. The van der Waals surface area contributed by atoms with E-state index in [2.05, 4.69) is 43.0 Å². The van der Waals surface area contributed by atoms with E-state index in [0.717, 1.165) is 41.4 Å². The van der Waals surface area contributed by atoms with Gasteiger partial charge in [-0.2, -0.15) is 0 Å². The summed E-state index contributed by atoms with van der Waals surface area (Å²) in [6.45, 7) is 7.36. The van der Waals surface area contributed by atoms with Gasteiger partial charge < -0.3 is 31.5 Å². The van der Waals surface area contributed by atoms with Crippen LogP contribution in [0, 0.1) is 0 Å². The van der Waals surface area contributed by atoms with Crippen molar-refractivity contribution in [2.75, 3.05) is 54.8 Å². The second-order valence-electron chi connectivity index (χ2n) is 8.92. The van der Waals surface area contributed by atoms with Crippen molar-refractivity contribution in [1.29, 1.82) is 0 Å². The van der Waals surface area contributed by atoms with Gasteiger partial charge in [0.05, 0.1) is 18.3 Å². The molecule has 2 amide bonds. The highest BCUT2D eigenvalue weighted by Crippen LogP contribution is 2.23. The number of benzene rings is 2. The lowest BCUT2D eigenvalue weighted by molar-refractivity contribution is -0.132. The van der Waals surface area contributed by atoms with Crippen LogP contribution in [0.25, 0.3) is 11.3 Å². The van der Waals surface area contributed by atoms with Gasteiger partial charge in [0.15, 0.2) is 0 Å². The van der Waals surface area contributed by atoms with Crippen molar-refractivity contribution >= 4 is 34.8 Å². The van der Waals surface area contributed by atoms with Crippen molar-refractivity contribution < 1.29 is 9.59 Å². The van der Waals surface area contributed by atoms with Crippen LogP contribution in [0.5, 0.6) is 0 Å². The summed E-state index contributed by atoms with van der Waals surface area (Å²) in [6, 6.07) is 17.3. The van der Waals surface area contributed by atoms with Gasteiger partial charge in [0.1, 0.15) is 0 Å². The van der Waals surface area contributed by atoms with Gasteiger partial charge in [-0.1, -0.05) is 12.1 Å². The number of nitrogens with two attached hydrogens (primary N) is 1. The van der Waals surface area contributed by atoms with Gasteiger partial charge in [-0.3, -0.25) is 9.59 Å². The maximum absolute atomic E-state index is 12.1. The number of rotatable bonds is 9. The largest absolute Gasteiger partial charge is 0.376 e. The van der Waals surface area contributed by atoms with Gasteiger partial charge in [0.2, 0.25) is 17.8 Å². The number of carbonyl (C=O) groups excluding carboxylic acids is 2. The Labute approximate surface area is 217 Å². The Kier molecular flexibility index (Phi) is 8.52. The minimum absolute atomic E-state index is 0.00508. The molecule has 37 heavy (non-hydrogen) atoms. The lowest BCUT2D eigenvalue weighted by Gasteiger charge is -2.36. The van der Waals surface area contributed by atoms with Gasteiger partial charge in [-0.25, -0.2) is 9.97 Å². The van der Waals surface area contributed by atoms with E-state index in [-0.39, 0.29) is 18.4 Å². The Bertz CT molecular complexity index is 1190. The van der Waals surface area contributed by atoms with Crippen LogP contribution in [0.2, 0.25) is 0 Å². The Hall–Kier alpha value is -4.18. The minimum atomic E-state index is -0.459.